The van der Waals surface area contributed by atoms with Gasteiger partial charge in [-0.15, -0.1) is 0 Å². The van der Waals surface area contributed by atoms with Gasteiger partial charge in [0.2, 0.25) is 0 Å². The molecule has 1 heterocycles. The molecule has 32 heavy (non-hydrogen) atoms. The van der Waals surface area contributed by atoms with Gasteiger partial charge in [0.05, 0.1) is 0 Å². The summed E-state index contributed by atoms with van der Waals surface area (Å²) < 4.78 is 0.870. The van der Waals surface area contributed by atoms with Crippen LogP contribution in [-0.4, -0.2) is 15.0 Å². The van der Waals surface area contributed by atoms with Crippen LogP contribution in [-0.2, 0) is 0 Å². The van der Waals surface area contributed by atoms with Crippen molar-refractivity contribution in [2.24, 2.45) is 0 Å². The molecule has 0 aliphatic heterocycles. The van der Waals surface area contributed by atoms with Crippen molar-refractivity contribution in [2.75, 3.05) is 0 Å². The zero-order valence-electron chi connectivity index (χ0n) is 16.9. The molecule has 0 fully saturated rings. The first kappa shape index (κ1) is 20.6. The molecule has 0 aliphatic carbocycles. The predicted octanol–water partition coefficient (Wildman–Crippen LogP) is 7.96. The van der Waals surface area contributed by atoms with E-state index in [0.29, 0.717) is 22.5 Å². The van der Waals surface area contributed by atoms with Gasteiger partial charge in [0.15, 0.2) is 17.5 Å². The first-order valence-electron chi connectivity index (χ1n) is 10.1. The molecule has 0 N–H and O–H groups in total. The molecule has 1 aromatic heterocycles. The Morgan fingerprint density at radius 1 is 0.469 bits per heavy atom. The van der Waals surface area contributed by atoms with Crippen molar-refractivity contribution in [1.82, 2.24) is 15.0 Å². The van der Waals surface area contributed by atoms with Gasteiger partial charge in [-0.3, -0.25) is 0 Å². The molecule has 5 heteroatoms. The monoisotopic (exact) mass is 497 g/mol. The van der Waals surface area contributed by atoms with Gasteiger partial charge in [-0.25, -0.2) is 15.0 Å². The van der Waals surface area contributed by atoms with Crippen LogP contribution < -0.4 is 0 Å². The lowest BCUT2D eigenvalue weighted by Gasteiger charge is -2.10. The second-order valence-corrected chi connectivity index (χ2v) is 8.63. The van der Waals surface area contributed by atoms with E-state index >= 15 is 0 Å². The summed E-state index contributed by atoms with van der Waals surface area (Å²) in [5.74, 6) is 1.80. The standard InChI is InChI=1S/C27H17BrClN3/c28-23-15-22(16-24(29)17-23)27-31-25(19-10-5-2-6-11-19)30-26(32-27)21-13-7-12-20(14-21)18-8-3-1-4-9-18/h1-17H. The van der Waals surface area contributed by atoms with E-state index in [-0.39, 0.29) is 0 Å². The molecule has 0 atom stereocenters. The third kappa shape index (κ3) is 4.47. The number of rotatable bonds is 4. The molecule has 5 aromatic rings. The molecule has 0 unspecified atom stereocenters. The largest absolute Gasteiger partial charge is 0.208 e. The van der Waals surface area contributed by atoms with Crippen LogP contribution in [0.25, 0.3) is 45.3 Å². The van der Waals surface area contributed by atoms with E-state index in [1.54, 1.807) is 0 Å². The highest BCUT2D eigenvalue weighted by atomic mass is 79.9. The number of hydrogen-bond donors (Lipinski definition) is 0. The first-order valence-corrected chi connectivity index (χ1v) is 11.3. The van der Waals surface area contributed by atoms with Gasteiger partial charge in [0.25, 0.3) is 0 Å². The molecule has 4 aromatic carbocycles. The van der Waals surface area contributed by atoms with Crippen LogP contribution in [0.1, 0.15) is 0 Å². The minimum absolute atomic E-state index is 0.571. The average molecular weight is 499 g/mol. The van der Waals surface area contributed by atoms with Crippen molar-refractivity contribution in [3.8, 4) is 45.3 Å². The lowest BCUT2D eigenvalue weighted by Crippen LogP contribution is -2.00. The van der Waals surface area contributed by atoms with Crippen molar-refractivity contribution in [2.45, 2.75) is 0 Å². The summed E-state index contributed by atoms with van der Waals surface area (Å²) in [6.45, 7) is 0. The van der Waals surface area contributed by atoms with E-state index in [1.807, 2.05) is 78.9 Å². The number of hydrogen-bond acceptors (Lipinski definition) is 3. The molecule has 0 spiro atoms. The Hall–Kier alpha value is -3.34. The lowest BCUT2D eigenvalue weighted by atomic mass is 10.0. The van der Waals surface area contributed by atoms with Gasteiger partial charge < -0.3 is 0 Å². The SMILES string of the molecule is Clc1cc(Br)cc(-c2nc(-c3ccccc3)nc(-c3cccc(-c4ccccc4)c3)n2)c1. The fourth-order valence-corrected chi connectivity index (χ4v) is 4.36. The minimum Gasteiger partial charge on any atom is -0.208 e. The van der Waals surface area contributed by atoms with Crippen LogP contribution in [0, 0.1) is 0 Å². The smallest absolute Gasteiger partial charge is 0.164 e. The van der Waals surface area contributed by atoms with E-state index in [2.05, 4.69) is 40.2 Å². The van der Waals surface area contributed by atoms with Crippen molar-refractivity contribution >= 4 is 27.5 Å². The Morgan fingerprint density at radius 2 is 1.00 bits per heavy atom. The third-order valence-electron chi connectivity index (χ3n) is 5.02. The van der Waals surface area contributed by atoms with Crippen molar-refractivity contribution in [3.63, 3.8) is 0 Å². The van der Waals surface area contributed by atoms with Gasteiger partial charge in [-0.05, 0) is 35.4 Å². The van der Waals surface area contributed by atoms with Gasteiger partial charge >= 0.3 is 0 Å². The Labute approximate surface area is 199 Å². The second-order valence-electron chi connectivity index (χ2n) is 7.28. The molecule has 0 bridgehead atoms. The highest BCUT2D eigenvalue weighted by Gasteiger charge is 2.13. The van der Waals surface area contributed by atoms with Crippen LogP contribution in [0.15, 0.2) is 108 Å². The minimum atomic E-state index is 0.571. The maximum Gasteiger partial charge on any atom is 0.164 e. The zero-order valence-corrected chi connectivity index (χ0v) is 19.3. The fraction of sp³-hybridized carbons (Fsp3) is 0. The number of nitrogens with zero attached hydrogens (tertiary/aromatic N) is 3. The predicted molar refractivity (Wildman–Crippen MR) is 134 cm³/mol. The number of aromatic nitrogens is 3. The first-order chi connectivity index (χ1) is 15.7. The van der Waals surface area contributed by atoms with E-state index in [4.69, 9.17) is 26.6 Å². The van der Waals surface area contributed by atoms with Crippen molar-refractivity contribution < 1.29 is 0 Å². The number of halogens is 2. The van der Waals surface area contributed by atoms with E-state index in [1.165, 1.54) is 0 Å². The summed E-state index contributed by atoms with van der Waals surface area (Å²) in [7, 11) is 0. The lowest BCUT2D eigenvalue weighted by molar-refractivity contribution is 1.07. The molecule has 154 valence electrons. The van der Waals surface area contributed by atoms with Crippen LogP contribution in [0.4, 0.5) is 0 Å². The topological polar surface area (TPSA) is 38.7 Å². The molecular weight excluding hydrogens is 482 g/mol. The normalized spacial score (nSPS) is 10.8. The van der Waals surface area contributed by atoms with Crippen LogP contribution >= 0.6 is 27.5 Å². The maximum atomic E-state index is 6.30. The Bertz CT molecular complexity index is 1370. The maximum absolute atomic E-state index is 6.30. The summed E-state index contributed by atoms with van der Waals surface area (Å²) in [5.41, 5.74) is 4.93. The molecule has 3 nitrogen and oxygen atoms in total. The second kappa shape index (κ2) is 9.03. The fourth-order valence-electron chi connectivity index (χ4n) is 3.50. The van der Waals surface area contributed by atoms with Gasteiger partial charge in [-0.2, -0.15) is 0 Å². The van der Waals surface area contributed by atoms with Crippen LogP contribution in [0.5, 0.6) is 0 Å². The van der Waals surface area contributed by atoms with E-state index in [9.17, 15) is 0 Å². The van der Waals surface area contributed by atoms with Gasteiger partial charge in [0, 0.05) is 26.2 Å². The van der Waals surface area contributed by atoms with Gasteiger partial charge in [0.1, 0.15) is 0 Å². The molecule has 0 saturated carbocycles. The van der Waals surface area contributed by atoms with E-state index in [0.717, 1.165) is 32.3 Å². The Kier molecular flexibility index (Phi) is 5.80. The van der Waals surface area contributed by atoms with Crippen LogP contribution in [0.3, 0.4) is 0 Å². The molecule has 0 amide bonds. The molecule has 0 saturated heterocycles. The van der Waals surface area contributed by atoms with Crippen LogP contribution in [0.2, 0.25) is 5.02 Å². The zero-order chi connectivity index (χ0) is 21.9. The number of benzene rings is 4. The molecule has 0 aliphatic rings. The Balaban J connectivity index is 1.69. The van der Waals surface area contributed by atoms with Crippen molar-refractivity contribution in [1.29, 1.82) is 0 Å². The van der Waals surface area contributed by atoms with Gasteiger partial charge in [-0.1, -0.05) is 106 Å². The third-order valence-corrected chi connectivity index (χ3v) is 5.69. The highest BCUT2D eigenvalue weighted by Crippen LogP contribution is 2.30. The average Bonchev–Trinajstić information content (AvgIpc) is 2.84. The summed E-state index contributed by atoms with van der Waals surface area (Å²) in [6, 6.07) is 34.1. The summed E-state index contributed by atoms with van der Waals surface area (Å²) >= 11 is 9.82. The highest BCUT2D eigenvalue weighted by molar-refractivity contribution is 9.10. The molecule has 5 rings (SSSR count). The summed E-state index contributed by atoms with van der Waals surface area (Å²) in [4.78, 5) is 14.4. The van der Waals surface area contributed by atoms with Crippen molar-refractivity contribution in [3.05, 3.63) is 113 Å². The molecule has 0 radical (unpaired) electrons. The molecular formula is C27H17BrClN3. The summed E-state index contributed by atoms with van der Waals surface area (Å²) in [6.07, 6.45) is 0. The quantitative estimate of drug-likeness (QED) is 0.252. The summed E-state index contributed by atoms with van der Waals surface area (Å²) in [5, 5.41) is 0.615. The van der Waals surface area contributed by atoms with E-state index < -0.39 is 0 Å². The Morgan fingerprint density at radius 3 is 1.66 bits per heavy atom.